The summed E-state index contributed by atoms with van der Waals surface area (Å²) in [6.07, 6.45) is 2.24. The summed E-state index contributed by atoms with van der Waals surface area (Å²) in [5.41, 5.74) is 2.30. The van der Waals surface area contributed by atoms with Crippen LogP contribution in [0.5, 0.6) is 5.75 Å². The average Bonchev–Trinajstić information content (AvgIpc) is 3.04. The molecule has 1 aromatic carbocycles. The molecule has 1 aromatic heterocycles. The van der Waals surface area contributed by atoms with E-state index < -0.39 is 0 Å². The number of para-hydroxylation sites is 1. The zero-order chi connectivity index (χ0) is 16.2. The molecule has 0 aliphatic carbocycles. The molecule has 0 saturated carbocycles. The van der Waals surface area contributed by atoms with Crippen molar-refractivity contribution in [3.05, 3.63) is 46.3 Å². The molecule has 1 amide bonds. The highest BCUT2D eigenvalue weighted by molar-refractivity contribution is 7.18. The van der Waals surface area contributed by atoms with E-state index >= 15 is 0 Å². The minimum absolute atomic E-state index is 0.00800. The van der Waals surface area contributed by atoms with Gasteiger partial charge in [0.25, 0.3) is 5.91 Å². The van der Waals surface area contributed by atoms with Crippen molar-refractivity contribution < 1.29 is 9.53 Å². The third-order valence-electron chi connectivity index (χ3n) is 4.19. The zero-order valence-electron chi connectivity index (χ0n) is 13.6. The number of hydrogen-bond acceptors (Lipinski definition) is 4. The lowest BCUT2D eigenvalue weighted by molar-refractivity contribution is 0.0954. The Morgan fingerprint density at radius 3 is 3.00 bits per heavy atom. The lowest BCUT2D eigenvalue weighted by Gasteiger charge is -2.26. The third-order valence-corrected chi connectivity index (χ3v) is 5.42. The fourth-order valence-corrected chi connectivity index (χ4v) is 4.17. The first-order valence-corrected chi connectivity index (χ1v) is 8.82. The first-order chi connectivity index (χ1) is 11.2. The molecule has 3 rings (SSSR count). The number of carbonyl (C=O) groups is 1. The van der Waals surface area contributed by atoms with Crippen LogP contribution >= 0.6 is 11.3 Å². The maximum absolute atomic E-state index is 12.5. The van der Waals surface area contributed by atoms with Crippen molar-refractivity contribution in [2.45, 2.75) is 26.3 Å². The molecule has 1 aliphatic heterocycles. The van der Waals surface area contributed by atoms with Gasteiger partial charge in [-0.25, -0.2) is 0 Å². The number of hydrogen-bond donors (Lipinski definition) is 1. The van der Waals surface area contributed by atoms with Crippen LogP contribution in [0, 0.1) is 0 Å². The molecule has 0 spiro atoms. The number of amides is 1. The number of anilines is 1. The molecule has 0 saturated heterocycles. The number of benzene rings is 1. The summed E-state index contributed by atoms with van der Waals surface area (Å²) in [5, 5.41) is 4.27. The van der Waals surface area contributed by atoms with Crippen LogP contribution in [0.2, 0.25) is 0 Å². The van der Waals surface area contributed by atoms with Crippen LogP contribution < -0.4 is 15.0 Å². The van der Waals surface area contributed by atoms with Gasteiger partial charge in [-0.2, -0.15) is 0 Å². The molecule has 4 nitrogen and oxygen atoms in total. The van der Waals surface area contributed by atoms with E-state index in [9.17, 15) is 4.79 Å². The number of carbonyl (C=O) groups excluding carboxylic acids is 1. The summed E-state index contributed by atoms with van der Waals surface area (Å²) >= 11 is 1.60. The molecule has 1 aliphatic rings. The molecule has 0 bridgehead atoms. The standard InChI is InChI=1S/C18H22N2O2S/c1-3-20-10-6-8-13-11-16(23-18(13)20)17(21)19-12-14-7-4-5-9-15(14)22-2/h4-5,7,9,11H,3,6,8,10,12H2,1-2H3,(H,19,21). The van der Waals surface area contributed by atoms with Gasteiger partial charge in [-0.05, 0) is 37.5 Å². The minimum Gasteiger partial charge on any atom is -0.496 e. The Labute approximate surface area is 141 Å². The van der Waals surface area contributed by atoms with Crippen molar-refractivity contribution in [1.82, 2.24) is 5.32 Å². The zero-order valence-corrected chi connectivity index (χ0v) is 14.4. The molecular weight excluding hydrogens is 308 g/mol. The molecule has 0 fully saturated rings. The van der Waals surface area contributed by atoms with E-state index in [-0.39, 0.29) is 5.91 Å². The summed E-state index contributed by atoms with van der Waals surface area (Å²) in [6, 6.07) is 9.81. The van der Waals surface area contributed by atoms with Gasteiger partial charge in [0.2, 0.25) is 0 Å². The molecule has 2 heterocycles. The highest BCUT2D eigenvalue weighted by atomic mass is 32.1. The molecule has 0 unspecified atom stereocenters. The largest absolute Gasteiger partial charge is 0.496 e. The SMILES string of the molecule is CCN1CCCc2cc(C(=O)NCc3ccccc3OC)sc21. The van der Waals surface area contributed by atoms with E-state index in [1.54, 1.807) is 18.4 Å². The Morgan fingerprint density at radius 1 is 1.39 bits per heavy atom. The van der Waals surface area contributed by atoms with Crippen LogP contribution in [0.4, 0.5) is 5.00 Å². The highest BCUT2D eigenvalue weighted by Gasteiger charge is 2.21. The monoisotopic (exact) mass is 330 g/mol. The number of methoxy groups -OCH3 is 1. The van der Waals surface area contributed by atoms with E-state index in [1.165, 1.54) is 17.0 Å². The predicted molar refractivity (Wildman–Crippen MR) is 94.7 cm³/mol. The second-order valence-electron chi connectivity index (χ2n) is 5.62. The van der Waals surface area contributed by atoms with Gasteiger partial charge in [-0.1, -0.05) is 18.2 Å². The van der Waals surface area contributed by atoms with E-state index in [0.29, 0.717) is 6.54 Å². The van der Waals surface area contributed by atoms with Gasteiger partial charge >= 0.3 is 0 Å². The van der Waals surface area contributed by atoms with Gasteiger partial charge in [0.1, 0.15) is 5.75 Å². The number of aryl methyl sites for hydroxylation is 1. The van der Waals surface area contributed by atoms with Crippen LogP contribution in [-0.2, 0) is 13.0 Å². The molecule has 23 heavy (non-hydrogen) atoms. The second-order valence-corrected chi connectivity index (χ2v) is 6.65. The molecule has 0 atom stereocenters. The van der Waals surface area contributed by atoms with Crippen LogP contribution in [0.3, 0.4) is 0 Å². The van der Waals surface area contributed by atoms with Gasteiger partial charge in [0.05, 0.1) is 17.0 Å². The quantitative estimate of drug-likeness (QED) is 0.913. The van der Waals surface area contributed by atoms with Gasteiger partial charge < -0.3 is 15.0 Å². The average molecular weight is 330 g/mol. The van der Waals surface area contributed by atoms with E-state index in [1.807, 2.05) is 24.3 Å². The van der Waals surface area contributed by atoms with Crippen molar-refractivity contribution in [3.63, 3.8) is 0 Å². The van der Waals surface area contributed by atoms with Gasteiger partial charge in [-0.3, -0.25) is 4.79 Å². The fourth-order valence-electron chi connectivity index (χ4n) is 2.95. The van der Waals surface area contributed by atoms with Gasteiger partial charge in [0.15, 0.2) is 0 Å². The van der Waals surface area contributed by atoms with Crippen molar-refractivity contribution in [2.75, 3.05) is 25.1 Å². The predicted octanol–water partition coefficient (Wildman–Crippen LogP) is 3.46. The second kappa shape index (κ2) is 7.04. The lowest BCUT2D eigenvalue weighted by atomic mass is 10.1. The summed E-state index contributed by atoms with van der Waals surface area (Å²) in [6.45, 7) is 4.72. The maximum atomic E-state index is 12.5. The van der Waals surface area contributed by atoms with E-state index in [0.717, 1.165) is 35.7 Å². The number of nitrogens with one attached hydrogen (secondary N) is 1. The molecule has 2 aromatic rings. The Balaban J connectivity index is 1.70. The summed E-state index contributed by atoms with van der Waals surface area (Å²) in [5.74, 6) is 0.793. The van der Waals surface area contributed by atoms with E-state index in [2.05, 4.69) is 23.2 Å². The van der Waals surface area contributed by atoms with Crippen molar-refractivity contribution in [3.8, 4) is 5.75 Å². The summed E-state index contributed by atoms with van der Waals surface area (Å²) in [7, 11) is 1.65. The molecule has 1 N–H and O–H groups in total. The molecule has 122 valence electrons. The number of nitrogens with zero attached hydrogens (tertiary/aromatic N) is 1. The maximum Gasteiger partial charge on any atom is 0.261 e. The molecular formula is C18H22N2O2S. The number of fused-ring (bicyclic) bond motifs is 1. The summed E-state index contributed by atoms with van der Waals surface area (Å²) < 4.78 is 5.32. The van der Waals surface area contributed by atoms with Crippen molar-refractivity contribution >= 4 is 22.2 Å². The Morgan fingerprint density at radius 2 is 2.22 bits per heavy atom. The van der Waals surface area contributed by atoms with Crippen LogP contribution in [0.25, 0.3) is 0 Å². The van der Waals surface area contributed by atoms with Crippen LogP contribution in [-0.4, -0.2) is 26.1 Å². The highest BCUT2D eigenvalue weighted by Crippen LogP contribution is 2.35. The first-order valence-electron chi connectivity index (χ1n) is 8.00. The van der Waals surface area contributed by atoms with Gasteiger partial charge in [-0.15, -0.1) is 11.3 Å². The lowest BCUT2D eigenvalue weighted by Crippen LogP contribution is -2.27. The molecule has 5 heteroatoms. The Hall–Kier alpha value is -2.01. The number of rotatable bonds is 5. The fraction of sp³-hybridized carbons (Fsp3) is 0.389. The van der Waals surface area contributed by atoms with Crippen LogP contribution in [0.15, 0.2) is 30.3 Å². The topological polar surface area (TPSA) is 41.6 Å². The molecule has 0 radical (unpaired) electrons. The van der Waals surface area contributed by atoms with Crippen molar-refractivity contribution in [2.24, 2.45) is 0 Å². The number of ether oxygens (including phenoxy) is 1. The third kappa shape index (κ3) is 3.34. The van der Waals surface area contributed by atoms with E-state index in [4.69, 9.17) is 4.74 Å². The van der Waals surface area contributed by atoms with Gasteiger partial charge in [0, 0.05) is 25.2 Å². The Kier molecular flexibility index (Phi) is 4.86. The first kappa shape index (κ1) is 15.9. The smallest absolute Gasteiger partial charge is 0.261 e. The summed E-state index contributed by atoms with van der Waals surface area (Å²) in [4.78, 5) is 15.6. The van der Waals surface area contributed by atoms with Crippen molar-refractivity contribution in [1.29, 1.82) is 0 Å². The normalized spacial score (nSPS) is 13.6. The minimum atomic E-state index is -0.00800. The Bertz CT molecular complexity index is 696. The number of thiophene rings is 1. The van der Waals surface area contributed by atoms with Crippen LogP contribution in [0.1, 0.15) is 34.1 Å².